The number of para-hydroxylation sites is 1. The molecule has 0 spiro atoms. The number of hydrogen-bond acceptors (Lipinski definition) is 2. The number of allylic oxidation sites excluding steroid dienone is 2. The van der Waals surface area contributed by atoms with Crippen LogP contribution in [0.3, 0.4) is 0 Å². The van der Waals surface area contributed by atoms with Crippen molar-refractivity contribution in [3.63, 3.8) is 0 Å². The maximum absolute atomic E-state index is 13.0. The highest BCUT2D eigenvalue weighted by atomic mass is 16.1. The molecule has 0 saturated heterocycles. The van der Waals surface area contributed by atoms with E-state index in [1.54, 1.807) is 0 Å². The maximum atomic E-state index is 13.0. The van der Waals surface area contributed by atoms with Gasteiger partial charge in [-0.1, -0.05) is 29.8 Å². The maximum Gasteiger partial charge on any atom is 0.166 e. The molecule has 1 unspecified atom stereocenters. The summed E-state index contributed by atoms with van der Waals surface area (Å²) in [6, 6.07) is 18.4. The minimum Gasteiger partial charge on any atom is -0.348 e. The molecule has 0 aliphatic heterocycles. The first-order valence-electron chi connectivity index (χ1n) is 10.6. The summed E-state index contributed by atoms with van der Waals surface area (Å²) in [7, 11) is 0. The second-order valence-corrected chi connectivity index (χ2v) is 8.04. The van der Waals surface area contributed by atoms with Crippen LogP contribution >= 0.6 is 0 Å². The Balaban J connectivity index is 1.30. The smallest absolute Gasteiger partial charge is 0.166 e. The number of rotatable bonds is 5. The molecular formula is C26H25N3O. The van der Waals surface area contributed by atoms with Crippen LogP contribution in [0.5, 0.6) is 0 Å². The molecule has 4 aromatic rings. The Morgan fingerprint density at radius 2 is 2.00 bits per heavy atom. The minimum atomic E-state index is 0.201. The van der Waals surface area contributed by atoms with E-state index < -0.39 is 0 Å². The van der Waals surface area contributed by atoms with Gasteiger partial charge in [0, 0.05) is 47.6 Å². The molecule has 0 radical (unpaired) electrons. The number of H-pyrrole nitrogens is 1. The molecule has 0 fully saturated rings. The lowest BCUT2D eigenvalue weighted by Gasteiger charge is -2.11. The fraction of sp³-hybridized carbons (Fsp3) is 0.231. The highest BCUT2D eigenvalue weighted by molar-refractivity contribution is 6.01. The van der Waals surface area contributed by atoms with Crippen molar-refractivity contribution in [1.29, 1.82) is 0 Å². The van der Waals surface area contributed by atoms with Crippen molar-refractivity contribution in [3.8, 4) is 5.69 Å². The van der Waals surface area contributed by atoms with Crippen LogP contribution < -0.4 is 0 Å². The van der Waals surface area contributed by atoms with Crippen LogP contribution in [0.25, 0.3) is 16.6 Å². The third-order valence-electron chi connectivity index (χ3n) is 6.10. The number of nitrogens with one attached hydrogen (secondary N) is 1. The molecule has 30 heavy (non-hydrogen) atoms. The van der Waals surface area contributed by atoms with Crippen molar-refractivity contribution in [2.24, 2.45) is 0 Å². The summed E-state index contributed by atoms with van der Waals surface area (Å²) in [6.45, 7) is 0. The highest BCUT2D eigenvalue weighted by Crippen LogP contribution is 2.31. The predicted octanol–water partition coefficient (Wildman–Crippen LogP) is 6.21. The number of hydrogen-bond donors (Lipinski definition) is 1. The average molecular weight is 396 g/mol. The lowest BCUT2D eigenvalue weighted by molar-refractivity contribution is 0.0992. The molecular weight excluding hydrogens is 370 g/mol. The number of carbonyl (C=O) groups is 1. The van der Waals surface area contributed by atoms with Gasteiger partial charge in [0.1, 0.15) is 5.82 Å². The van der Waals surface area contributed by atoms with Gasteiger partial charge in [0.2, 0.25) is 0 Å². The van der Waals surface area contributed by atoms with Gasteiger partial charge in [0.25, 0.3) is 0 Å². The van der Waals surface area contributed by atoms with Crippen LogP contribution in [0.15, 0.2) is 84.8 Å². The zero-order chi connectivity index (χ0) is 20.3. The quantitative estimate of drug-likeness (QED) is 0.322. The van der Waals surface area contributed by atoms with Crippen LogP contribution in [-0.4, -0.2) is 20.3 Å². The minimum absolute atomic E-state index is 0.201. The van der Waals surface area contributed by atoms with Crippen molar-refractivity contribution >= 4 is 16.7 Å². The van der Waals surface area contributed by atoms with Crippen molar-refractivity contribution in [3.05, 3.63) is 96.2 Å². The number of carbonyl (C=O) groups excluding carboxylic acids is 1. The molecule has 1 atom stereocenters. The first-order valence-corrected chi connectivity index (χ1v) is 10.6. The van der Waals surface area contributed by atoms with E-state index in [1.807, 2.05) is 42.7 Å². The van der Waals surface area contributed by atoms with Gasteiger partial charge < -0.3 is 9.55 Å². The molecule has 0 amide bonds. The Morgan fingerprint density at radius 1 is 1.10 bits per heavy atom. The van der Waals surface area contributed by atoms with E-state index in [9.17, 15) is 4.79 Å². The van der Waals surface area contributed by atoms with E-state index in [4.69, 9.17) is 0 Å². The lowest BCUT2D eigenvalue weighted by Crippen LogP contribution is -2.03. The van der Waals surface area contributed by atoms with E-state index in [-0.39, 0.29) is 5.78 Å². The number of aromatic nitrogens is 3. The topological polar surface area (TPSA) is 50.7 Å². The van der Waals surface area contributed by atoms with Gasteiger partial charge in [-0.25, -0.2) is 4.98 Å². The number of imidazole rings is 1. The summed E-state index contributed by atoms with van der Waals surface area (Å²) in [5.41, 5.74) is 4.30. The molecule has 2 aromatic heterocycles. The second kappa shape index (κ2) is 8.15. The summed E-state index contributed by atoms with van der Waals surface area (Å²) in [5, 5.41) is 1.09. The fourth-order valence-corrected chi connectivity index (χ4v) is 4.47. The highest BCUT2D eigenvalue weighted by Gasteiger charge is 2.19. The zero-order valence-corrected chi connectivity index (χ0v) is 16.9. The average Bonchev–Trinajstić information content (AvgIpc) is 3.41. The first kappa shape index (κ1) is 18.6. The normalized spacial score (nSPS) is 16.9. The van der Waals surface area contributed by atoms with Gasteiger partial charge in [-0.2, -0.15) is 0 Å². The van der Waals surface area contributed by atoms with Gasteiger partial charge in [0.15, 0.2) is 5.78 Å². The van der Waals surface area contributed by atoms with Gasteiger partial charge in [0.05, 0.1) is 5.52 Å². The molecule has 4 heteroatoms. The summed E-state index contributed by atoms with van der Waals surface area (Å²) < 4.78 is 2.16. The SMILES string of the molecule is O=C(CC1=CCCC(c2ncc[nH]2)CC1)c1ccc2c(ccn2-c2ccccc2)c1. The third-order valence-corrected chi connectivity index (χ3v) is 6.10. The molecule has 0 bridgehead atoms. The zero-order valence-electron chi connectivity index (χ0n) is 16.9. The molecule has 0 saturated carbocycles. The van der Waals surface area contributed by atoms with E-state index in [1.165, 1.54) is 5.57 Å². The standard InChI is InChI=1S/C26H25N3O/c30-25(17-19-5-4-6-20(10-9-19)26-27-14-15-28-26)22-11-12-24-21(18-22)13-16-29(24)23-7-2-1-3-8-23/h1-3,5,7-8,11-16,18,20H,4,6,9-10,17H2,(H,27,28). The molecule has 1 aliphatic rings. The predicted molar refractivity (Wildman–Crippen MR) is 120 cm³/mol. The molecule has 2 heterocycles. The summed E-state index contributed by atoms with van der Waals surface area (Å²) >= 11 is 0. The fourth-order valence-electron chi connectivity index (χ4n) is 4.47. The molecule has 1 N–H and O–H groups in total. The number of benzene rings is 2. The van der Waals surface area contributed by atoms with E-state index in [2.05, 4.69) is 51.1 Å². The molecule has 1 aliphatic carbocycles. The van der Waals surface area contributed by atoms with E-state index in [0.29, 0.717) is 12.3 Å². The van der Waals surface area contributed by atoms with Crippen molar-refractivity contribution in [2.75, 3.05) is 0 Å². The van der Waals surface area contributed by atoms with Gasteiger partial charge in [-0.05, 0) is 62.1 Å². The van der Waals surface area contributed by atoms with Crippen molar-refractivity contribution in [1.82, 2.24) is 14.5 Å². The van der Waals surface area contributed by atoms with Crippen LogP contribution in [0.1, 0.15) is 54.2 Å². The summed E-state index contributed by atoms with van der Waals surface area (Å²) in [5.74, 6) is 1.73. The summed E-state index contributed by atoms with van der Waals surface area (Å²) in [4.78, 5) is 20.7. The largest absolute Gasteiger partial charge is 0.348 e. The Bertz CT molecular complexity index is 1190. The molecule has 150 valence electrons. The summed E-state index contributed by atoms with van der Waals surface area (Å²) in [6.07, 6.45) is 12.7. The van der Waals surface area contributed by atoms with E-state index >= 15 is 0 Å². The number of Topliss-reactive ketones (excluding diaryl/α,β-unsaturated/α-hetero) is 1. The number of nitrogens with zero attached hydrogens (tertiary/aromatic N) is 2. The monoisotopic (exact) mass is 395 g/mol. The lowest BCUT2D eigenvalue weighted by atomic mass is 9.96. The Kier molecular flexibility index (Phi) is 5.06. The number of fused-ring (bicyclic) bond motifs is 1. The molecule has 2 aromatic carbocycles. The number of ketones is 1. The Morgan fingerprint density at radius 3 is 2.83 bits per heavy atom. The van der Waals surface area contributed by atoms with Crippen LogP contribution in [0.2, 0.25) is 0 Å². The Hall–Kier alpha value is -3.40. The van der Waals surface area contributed by atoms with Crippen LogP contribution in [0.4, 0.5) is 0 Å². The molecule has 4 nitrogen and oxygen atoms in total. The van der Waals surface area contributed by atoms with Crippen molar-refractivity contribution < 1.29 is 4.79 Å². The molecule has 5 rings (SSSR count). The Labute approximate surface area is 176 Å². The van der Waals surface area contributed by atoms with Crippen LogP contribution in [0, 0.1) is 0 Å². The second-order valence-electron chi connectivity index (χ2n) is 8.04. The van der Waals surface area contributed by atoms with E-state index in [0.717, 1.165) is 53.7 Å². The number of aromatic amines is 1. The van der Waals surface area contributed by atoms with Crippen LogP contribution in [-0.2, 0) is 0 Å². The third kappa shape index (κ3) is 3.73. The first-order chi connectivity index (χ1) is 14.8. The van der Waals surface area contributed by atoms with Crippen molar-refractivity contribution in [2.45, 2.75) is 38.0 Å². The van der Waals surface area contributed by atoms with Gasteiger partial charge >= 0.3 is 0 Å². The van der Waals surface area contributed by atoms with Gasteiger partial charge in [-0.3, -0.25) is 4.79 Å². The van der Waals surface area contributed by atoms with Gasteiger partial charge in [-0.15, -0.1) is 0 Å².